The minimum atomic E-state index is 0.664. The van der Waals surface area contributed by atoms with Crippen LogP contribution in [0.3, 0.4) is 0 Å². The minimum absolute atomic E-state index is 0.664. The lowest BCUT2D eigenvalue weighted by Crippen LogP contribution is -2.33. The van der Waals surface area contributed by atoms with Gasteiger partial charge in [0.05, 0.1) is 7.11 Å². The van der Waals surface area contributed by atoms with Crippen LogP contribution in [-0.2, 0) is 6.54 Å². The molecule has 0 spiro atoms. The van der Waals surface area contributed by atoms with Crippen molar-refractivity contribution in [2.45, 2.75) is 45.2 Å². The summed E-state index contributed by atoms with van der Waals surface area (Å²) in [7, 11) is 1.73. The number of nitrogens with one attached hydrogen (secondary N) is 1. The van der Waals surface area contributed by atoms with Crippen LogP contribution in [0.2, 0.25) is 0 Å². The summed E-state index contributed by atoms with van der Waals surface area (Å²) in [6.45, 7) is 3.24. The van der Waals surface area contributed by atoms with Gasteiger partial charge in [0.15, 0.2) is 0 Å². The summed E-state index contributed by atoms with van der Waals surface area (Å²) in [6.07, 6.45) is 5.35. The number of methoxy groups -OCH3 is 1. The number of hydrogen-bond acceptors (Lipinski definition) is 2. The van der Waals surface area contributed by atoms with Gasteiger partial charge < -0.3 is 10.1 Å². The molecule has 2 atom stereocenters. The summed E-state index contributed by atoms with van der Waals surface area (Å²) in [4.78, 5) is 0. The molecule has 1 fully saturated rings. The Balaban J connectivity index is 1.94. The molecule has 1 N–H and O–H groups in total. The Bertz CT molecular complexity index is 394. The molecule has 2 unspecified atom stereocenters. The first-order valence-corrected chi connectivity index (χ1v) is 7.54. The van der Waals surface area contributed by atoms with Crippen molar-refractivity contribution in [1.29, 1.82) is 0 Å². The van der Waals surface area contributed by atoms with Gasteiger partial charge in [0.25, 0.3) is 0 Å². The topological polar surface area (TPSA) is 21.3 Å². The monoisotopic (exact) mass is 311 g/mol. The average molecular weight is 312 g/mol. The molecule has 0 aliphatic heterocycles. The van der Waals surface area contributed by atoms with Crippen LogP contribution in [0.1, 0.15) is 38.2 Å². The third-order valence-electron chi connectivity index (χ3n) is 3.76. The smallest absolute Gasteiger partial charge is 0.123 e. The number of benzene rings is 1. The van der Waals surface area contributed by atoms with Gasteiger partial charge in [-0.3, -0.25) is 0 Å². The molecule has 1 aromatic carbocycles. The summed E-state index contributed by atoms with van der Waals surface area (Å²) in [5, 5.41) is 3.67. The zero-order valence-corrected chi connectivity index (χ0v) is 12.8. The minimum Gasteiger partial charge on any atom is -0.496 e. The van der Waals surface area contributed by atoms with Crippen LogP contribution in [0.15, 0.2) is 22.7 Å². The highest BCUT2D eigenvalue weighted by Gasteiger charge is 2.18. The molecule has 2 rings (SSSR count). The molecule has 18 heavy (non-hydrogen) atoms. The lowest BCUT2D eigenvalue weighted by molar-refractivity contribution is 0.299. The molecule has 2 nitrogen and oxygen atoms in total. The molecule has 1 aliphatic carbocycles. The van der Waals surface area contributed by atoms with E-state index in [2.05, 4.69) is 34.2 Å². The molecule has 0 aromatic heterocycles. The molecular weight excluding hydrogens is 290 g/mol. The standard InChI is InChI=1S/C15H22BrNO/c1-11-4-3-5-14(8-11)17-10-12-9-13(16)6-7-15(12)18-2/h6-7,9,11,14,17H,3-5,8,10H2,1-2H3. The Morgan fingerprint density at radius 1 is 1.39 bits per heavy atom. The van der Waals surface area contributed by atoms with Gasteiger partial charge in [0.1, 0.15) is 5.75 Å². The van der Waals surface area contributed by atoms with Crippen molar-refractivity contribution in [2.24, 2.45) is 5.92 Å². The van der Waals surface area contributed by atoms with E-state index in [9.17, 15) is 0 Å². The van der Waals surface area contributed by atoms with Gasteiger partial charge in [-0.25, -0.2) is 0 Å². The molecule has 1 saturated carbocycles. The maximum atomic E-state index is 5.40. The Kier molecular flexibility index (Phi) is 5.07. The van der Waals surface area contributed by atoms with Gasteiger partial charge in [-0.2, -0.15) is 0 Å². The van der Waals surface area contributed by atoms with Crippen molar-refractivity contribution in [1.82, 2.24) is 5.32 Å². The first kappa shape index (κ1) is 13.9. The predicted octanol–water partition coefficient (Wildman–Crippen LogP) is 4.13. The van der Waals surface area contributed by atoms with E-state index in [1.54, 1.807) is 7.11 Å². The molecule has 0 saturated heterocycles. The molecule has 0 amide bonds. The van der Waals surface area contributed by atoms with Crippen LogP contribution < -0.4 is 10.1 Å². The van der Waals surface area contributed by atoms with E-state index < -0.39 is 0 Å². The fraction of sp³-hybridized carbons (Fsp3) is 0.600. The fourth-order valence-corrected chi connectivity index (χ4v) is 3.17. The third-order valence-corrected chi connectivity index (χ3v) is 4.25. The zero-order valence-electron chi connectivity index (χ0n) is 11.2. The Hall–Kier alpha value is -0.540. The highest BCUT2D eigenvalue weighted by molar-refractivity contribution is 9.10. The van der Waals surface area contributed by atoms with Gasteiger partial charge >= 0.3 is 0 Å². The Labute approximate surface area is 118 Å². The van der Waals surface area contributed by atoms with Crippen LogP contribution >= 0.6 is 15.9 Å². The number of halogens is 1. The summed E-state index contributed by atoms with van der Waals surface area (Å²) in [6, 6.07) is 6.84. The van der Waals surface area contributed by atoms with Crippen molar-refractivity contribution in [2.75, 3.05) is 7.11 Å². The number of rotatable bonds is 4. The van der Waals surface area contributed by atoms with Crippen LogP contribution in [0.5, 0.6) is 5.75 Å². The maximum absolute atomic E-state index is 5.40. The second-order valence-corrected chi connectivity index (χ2v) is 6.22. The van der Waals surface area contributed by atoms with E-state index in [1.165, 1.54) is 31.2 Å². The predicted molar refractivity (Wildman–Crippen MR) is 79.0 cm³/mol. The summed E-state index contributed by atoms with van der Waals surface area (Å²) in [5.41, 5.74) is 1.23. The van der Waals surface area contributed by atoms with Crippen molar-refractivity contribution < 1.29 is 4.74 Å². The number of hydrogen-bond donors (Lipinski definition) is 1. The third kappa shape index (κ3) is 3.72. The number of ether oxygens (including phenoxy) is 1. The van der Waals surface area contributed by atoms with Gasteiger partial charge in [0, 0.05) is 22.6 Å². The molecule has 3 heteroatoms. The lowest BCUT2D eigenvalue weighted by Gasteiger charge is -2.27. The average Bonchev–Trinajstić information content (AvgIpc) is 2.37. The molecule has 100 valence electrons. The quantitative estimate of drug-likeness (QED) is 0.903. The second-order valence-electron chi connectivity index (χ2n) is 5.31. The van der Waals surface area contributed by atoms with Crippen LogP contribution in [-0.4, -0.2) is 13.2 Å². The highest BCUT2D eigenvalue weighted by Crippen LogP contribution is 2.26. The van der Waals surface area contributed by atoms with Crippen LogP contribution in [0, 0.1) is 5.92 Å². The maximum Gasteiger partial charge on any atom is 0.123 e. The first-order chi connectivity index (χ1) is 8.69. The summed E-state index contributed by atoms with van der Waals surface area (Å²) < 4.78 is 6.51. The van der Waals surface area contributed by atoms with Gasteiger partial charge in [-0.05, 0) is 37.0 Å². The van der Waals surface area contributed by atoms with Gasteiger partial charge in [-0.15, -0.1) is 0 Å². The van der Waals surface area contributed by atoms with E-state index in [0.717, 1.165) is 22.7 Å². The molecule has 0 heterocycles. The van der Waals surface area contributed by atoms with Crippen LogP contribution in [0.25, 0.3) is 0 Å². The molecule has 0 bridgehead atoms. The van der Waals surface area contributed by atoms with E-state index in [0.29, 0.717) is 6.04 Å². The van der Waals surface area contributed by atoms with Crippen molar-refractivity contribution in [3.05, 3.63) is 28.2 Å². The van der Waals surface area contributed by atoms with Gasteiger partial charge in [0.2, 0.25) is 0 Å². The molecular formula is C15H22BrNO. The normalized spacial score (nSPS) is 23.9. The van der Waals surface area contributed by atoms with E-state index in [-0.39, 0.29) is 0 Å². The Morgan fingerprint density at radius 3 is 2.94 bits per heavy atom. The second kappa shape index (κ2) is 6.58. The van der Waals surface area contributed by atoms with E-state index in [4.69, 9.17) is 4.74 Å². The zero-order chi connectivity index (χ0) is 13.0. The highest BCUT2D eigenvalue weighted by atomic mass is 79.9. The van der Waals surface area contributed by atoms with E-state index in [1.807, 2.05) is 12.1 Å². The molecule has 1 aromatic rings. The Morgan fingerprint density at radius 2 is 2.22 bits per heavy atom. The SMILES string of the molecule is COc1ccc(Br)cc1CNC1CCCC(C)C1. The fourth-order valence-electron chi connectivity index (χ4n) is 2.76. The van der Waals surface area contributed by atoms with Crippen molar-refractivity contribution >= 4 is 15.9 Å². The van der Waals surface area contributed by atoms with Gasteiger partial charge in [-0.1, -0.05) is 35.7 Å². The van der Waals surface area contributed by atoms with E-state index >= 15 is 0 Å². The van der Waals surface area contributed by atoms with Crippen molar-refractivity contribution in [3.8, 4) is 5.75 Å². The van der Waals surface area contributed by atoms with Crippen molar-refractivity contribution in [3.63, 3.8) is 0 Å². The van der Waals surface area contributed by atoms with Crippen LogP contribution in [0.4, 0.5) is 0 Å². The largest absolute Gasteiger partial charge is 0.496 e. The molecule has 0 radical (unpaired) electrons. The molecule has 1 aliphatic rings. The first-order valence-electron chi connectivity index (χ1n) is 6.75. The lowest BCUT2D eigenvalue weighted by atomic mass is 9.87. The summed E-state index contributed by atoms with van der Waals surface area (Å²) >= 11 is 3.52. The summed E-state index contributed by atoms with van der Waals surface area (Å²) in [5.74, 6) is 1.83.